The van der Waals surface area contributed by atoms with Crippen molar-refractivity contribution < 1.29 is 48.4 Å². The van der Waals surface area contributed by atoms with E-state index in [-0.39, 0.29) is 41.4 Å². The molecule has 2 rings (SSSR count). The number of rotatable bonds is 12. The number of ketones is 1. The number of hydrogen-bond donors (Lipinski definition) is 4. The van der Waals surface area contributed by atoms with Gasteiger partial charge in [0, 0.05) is 11.5 Å². The molecule has 1 fully saturated rings. The lowest BCUT2D eigenvalue weighted by Crippen LogP contribution is -2.45. The van der Waals surface area contributed by atoms with Crippen molar-refractivity contribution in [1.29, 1.82) is 0 Å². The average Bonchev–Trinajstić information content (AvgIpc) is 2.83. The van der Waals surface area contributed by atoms with Crippen molar-refractivity contribution >= 4 is 29.6 Å². The number of aliphatic carboxylic acids is 2. The molecular weight excluding hydrogens is 488 g/mol. The summed E-state index contributed by atoms with van der Waals surface area (Å²) in [5.74, 6) is -4.28. The molecule has 1 aromatic rings. The number of Topliss-reactive ketones (excluding diaryl/α,β-unsaturated/α-hetero) is 1. The summed E-state index contributed by atoms with van der Waals surface area (Å²) in [6, 6.07) is 3.13. The summed E-state index contributed by atoms with van der Waals surface area (Å²) in [5, 5.41) is 20.2. The molecule has 0 heterocycles. The molecule has 1 aromatic carbocycles. The number of esters is 1. The Labute approximate surface area is 214 Å². The third-order valence-corrected chi connectivity index (χ3v) is 5.72. The zero-order valence-corrected chi connectivity index (χ0v) is 21.2. The van der Waals surface area contributed by atoms with E-state index in [1.165, 1.54) is 18.2 Å². The molecule has 0 saturated heterocycles. The second-order valence-corrected chi connectivity index (χ2v) is 9.84. The van der Waals surface area contributed by atoms with E-state index in [0.29, 0.717) is 25.7 Å². The smallest absolute Gasteiger partial charge is 0.341 e. The first kappa shape index (κ1) is 29.6. The molecule has 1 aliphatic carbocycles. The van der Waals surface area contributed by atoms with Gasteiger partial charge in [-0.05, 0) is 70.6 Å². The minimum absolute atomic E-state index is 0.0365. The van der Waals surface area contributed by atoms with E-state index in [1.54, 1.807) is 20.8 Å². The highest BCUT2D eigenvalue weighted by molar-refractivity contribution is 6.00. The Hall–Kier alpha value is -3.67. The summed E-state index contributed by atoms with van der Waals surface area (Å²) in [5.41, 5.74) is 5.57. The molecule has 12 heteroatoms. The molecule has 1 unspecified atom stereocenters. The fourth-order valence-electron chi connectivity index (χ4n) is 3.91. The van der Waals surface area contributed by atoms with Crippen molar-refractivity contribution in [3.05, 3.63) is 23.8 Å². The molecule has 0 spiro atoms. The van der Waals surface area contributed by atoms with Gasteiger partial charge in [0.1, 0.15) is 11.6 Å². The van der Waals surface area contributed by atoms with Gasteiger partial charge >= 0.3 is 17.9 Å². The first-order chi connectivity index (χ1) is 17.3. The Morgan fingerprint density at radius 3 is 2.08 bits per heavy atom. The topological polar surface area (TPSA) is 192 Å². The maximum absolute atomic E-state index is 12.6. The van der Waals surface area contributed by atoms with Crippen LogP contribution in [0.5, 0.6) is 11.5 Å². The van der Waals surface area contributed by atoms with Crippen molar-refractivity contribution in [2.75, 3.05) is 19.8 Å². The number of benzene rings is 1. The largest absolute Gasteiger partial charge is 0.479 e. The van der Waals surface area contributed by atoms with Gasteiger partial charge in [-0.3, -0.25) is 14.4 Å². The van der Waals surface area contributed by atoms with Crippen LogP contribution < -0.4 is 20.5 Å². The first-order valence-corrected chi connectivity index (χ1v) is 11.9. The van der Waals surface area contributed by atoms with Crippen molar-refractivity contribution in [3.63, 3.8) is 0 Å². The number of ether oxygens (including phenoxy) is 3. The Kier molecular flexibility index (Phi) is 10.4. The van der Waals surface area contributed by atoms with E-state index >= 15 is 0 Å². The van der Waals surface area contributed by atoms with Crippen LogP contribution in [-0.2, 0) is 23.9 Å². The molecular formula is C25H34N2O10. The molecule has 204 valence electrons. The molecule has 0 bridgehead atoms. The van der Waals surface area contributed by atoms with Crippen LogP contribution in [0, 0.1) is 11.8 Å². The van der Waals surface area contributed by atoms with Crippen LogP contribution in [-0.4, -0.2) is 71.2 Å². The summed E-state index contributed by atoms with van der Waals surface area (Å²) in [6.45, 7) is 3.60. The predicted octanol–water partition coefficient (Wildman–Crippen LogP) is 1.39. The monoisotopic (exact) mass is 522 g/mol. The Balaban J connectivity index is 1.91. The Bertz CT molecular complexity index is 1010. The van der Waals surface area contributed by atoms with Gasteiger partial charge in [0.15, 0.2) is 30.5 Å². The zero-order valence-electron chi connectivity index (χ0n) is 21.2. The number of hydrogen-bond acceptors (Lipinski definition) is 9. The summed E-state index contributed by atoms with van der Waals surface area (Å²) >= 11 is 0. The average molecular weight is 523 g/mol. The SMILES string of the molecule is CC(C)(C)OC(=O)C(N)C1CCC(C(=O)NCC(=O)c2ccc(OCC(=O)O)c(OCC(=O)O)c2)CC1. The third kappa shape index (κ3) is 9.71. The predicted molar refractivity (Wildman–Crippen MR) is 129 cm³/mol. The van der Waals surface area contributed by atoms with Crippen LogP contribution in [0.15, 0.2) is 18.2 Å². The van der Waals surface area contributed by atoms with E-state index in [9.17, 15) is 24.0 Å². The van der Waals surface area contributed by atoms with Gasteiger partial charge in [0.25, 0.3) is 0 Å². The number of amides is 1. The second kappa shape index (κ2) is 13.0. The highest BCUT2D eigenvalue weighted by atomic mass is 16.6. The van der Waals surface area contributed by atoms with Gasteiger partial charge in [0.05, 0.1) is 6.54 Å². The molecule has 1 atom stereocenters. The summed E-state index contributed by atoms with van der Waals surface area (Å²) in [7, 11) is 0. The first-order valence-electron chi connectivity index (χ1n) is 11.9. The van der Waals surface area contributed by atoms with Crippen molar-refractivity contribution in [1.82, 2.24) is 5.32 Å². The van der Waals surface area contributed by atoms with Crippen LogP contribution in [0.2, 0.25) is 0 Å². The van der Waals surface area contributed by atoms with E-state index in [4.69, 9.17) is 30.2 Å². The number of nitrogens with one attached hydrogen (secondary N) is 1. The second-order valence-electron chi connectivity index (χ2n) is 9.84. The molecule has 1 saturated carbocycles. The van der Waals surface area contributed by atoms with Gasteiger partial charge in [0.2, 0.25) is 5.91 Å². The highest BCUT2D eigenvalue weighted by Gasteiger charge is 2.34. The quantitative estimate of drug-likeness (QED) is 0.229. The molecule has 12 nitrogen and oxygen atoms in total. The Morgan fingerprint density at radius 1 is 0.973 bits per heavy atom. The number of carbonyl (C=O) groups excluding carboxylic acids is 3. The van der Waals surface area contributed by atoms with E-state index in [1.807, 2.05) is 0 Å². The summed E-state index contributed by atoms with van der Waals surface area (Å²) in [6.07, 6.45) is 2.19. The van der Waals surface area contributed by atoms with Crippen LogP contribution in [0.25, 0.3) is 0 Å². The van der Waals surface area contributed by atoms with E-state index in [2.05, 4.69) is 5.32 Å². The maximum Gasteiger partial charge on any atom is 0.341 e. The fourth-order valence-corrected chi connectivity index (χ4v) is 3.91. The van der Waals surface area contributed by atoms with Gasteiger partial charge < -0.3 is 35.5 Å². The van der Waals surface area contributed by atoms with Crippen molar-refractivity contribution in [2.45, 2.75) is 58.1 Å². The molecule has 37 heavy (non-hydrogen) atoms. The molecule has 5 N–H and O–H groups in total. The third-order valence-electron chi connectivity index (χ3n) is 5.72. The standard InChI is InChI=1S/C25H34N2O10/c1-25(2,3)37-24(34)22(26)14-4-6-15(7-5-14)23(33)27-11-17(28)16-8-9-18(35-12-20(29)30)19(10-16)36-13-21(31)32/h8-10,14-15,22H,4-7,11-13,26H2,1-3H3,(H,27,33)(H,29,30)(H,31,32). The number of carboxylic acids is 2. The number of nitrogens with two attached hydrogens (primary N) is 1. The van der Waals surface area contributed by atoms with Gasteiger partial charge in [-0.2, -0.15) is 0 Å². The van der Waals surface area contributed by atoms with Crippen LogP contribution in [0.3, 0.4) is 0 Å². The lowest BCUT2D eigenvalue weighted by atomic mass is 9.78. The van der Waals surface area contributed by atoms with Crippen LogP contribution in [0.4, 0.5) is 0 Å². The molecule has 0 radical (unpaired) electrons. The maximum atomic E-state index is 12.6. The summed E-state index contributed by atoms with van der Waals surface area (Å²) in [4.78, 5) is 59.1. The molecule has 1 amide bonds. The molecule has 0 aliphatic heterocycles. The normalized spacial score (nSPS) is 18.3. The molecule has 0 aromatic heterocycles. The minimum Gasteiger partial charge on any atom is -0.479 e. The highest BCUT2D eigenvalue weighted by Crippen LogP contribution is 2.32. The fraction of sp³-hybridized carbons (Fsp3) is 0.560. The Morgan fingerprint density at radius 2 is 1.54 bits per heavy atom. The van der Waals surface area contributed by atoms with Crippen molar-refractivity contribution in [3.8, 4) is 11.5 Å². The van der Waals surface area contributed by atoms with E-state index < -0.39 is 48.5 Å². The summed E-state index contributed by atoms with van der Waals surface area (Å²) < 4.78 is 15.5. The van der Waals surface area contributed by atoms with Crippen molar-refractivity contribution in [2.24, 2.45) is 17.6 Å². The van der Waals surface area contributed by atoms with Crippen LogP contribution >= 0.6 is 0 Å². The molecule has 1 aliphatic rings. The van der Waals surface area contributed by atoms with Gasteiger partial charge in [-0.25, -0.2) is 9.59 Å². The number of carboxylic acid groups (broad SMARTS) is 2. The lowest BCUT2D eigenvalue weighted by Gasteiger charge is -2.32. The van der Waals surface area contributed by atoms with Gasteiger partial charge in [-0.1, -0.05) is 0 Å². The number of carbonyl (C=O) groups is 5. The van der Waals surface area contributed by atoms with Gasteiger partial charge in [-0.15, -0.1) is 0 Å². The lowest BCUT2D eigenvalue weighted by molar-refractivity contribution is -0.158. The minimum atomic E-state index is -1.27. The van der Waals surface area contributed by atoms with Crippen LogP contribution in [0.1, 0.15) is 56.8 Å². The van der Waals surface area contributed by atoms with E-state index in [0.717, 1.165) is 0 Å². The zero-order chi connectivity index (χ0) is 27.8.